The van der Waals surface area contributed by atoms with E-state index in [9.17, 15) is 19.2 Å². The molecule has 0 saturated carbocycles. The SMILES string of the molecule is COC(=O)[C@H](Cc1cn(C(=O)CCCc2ccccc2)c(N)n1)NC(=O)[C@H](Cc1ccccc1)NC(=O)OC(C)(C)C. The number of nitrogens with zero attached hydrogens (tertiary/aromatic N) is 2. The van der Waals surface area contributed by atoms with Crippen LogP contribution in [0.2, 0.25) is 0 Å². The highest BCUT2D eigenvalue weighted by Crippen LogP contribution is 2.13. The molecule has 42 heavy (non-hydrogen) atoms. The maximum atomic E-state index is 13.4. The number of methoxy groups -OCH3 is 1. The van der Waals surface area contributed by atoms with E-state index in [1.54, 1.807) is 20.8 Å². The minimum atomic E-state index is -1.16. The summed E-state index contributed by atoms with van der Waals surface area (Å²) in [6, 6.07) is 16.8. The quantitative estimate of drug-likeness (QED) is 0.277. The maximum absolute atomic E-state index is 13.4. The van der Waals surface area contributed by atoms with Crippen LogP contribution >= 0.6 is 0 Å². The van der Waals surface area contributed by atoms with Gasteiger partial charge < -0.3 is 25.8 Å². The smallest absolute Gasteiger partial charge is 0.408 e. The van der Waals surface area contributed by atoms with Gasteiger partial charge in [-0.05, 0) is 44.7 Å². The summed E-state index contributed by atoms with van der Waals surface area (Å²) in [6.45, 7) is 5.14. The molecule has 1 aromatic heterocycles. The molecule has 11 heteroatoms. The number of nitrogens with one attached hydrogen (secondary N) is 2. The Bertz CT molecular complexity index is 1350. The van der Waals surface area contributed by atoms with Crippen LogP contribution in [0.1, 0.15) is 55.2 Å². The molecule has 3 aromatic rings. The normalized spacial score (nSPS) is 12.6. The van der Waals surface area contributed by atoms with Gasteiger partial charge >= 0.3 is 12.1 Å². The second-order valence-electron chi connectivity index (χ2n) is 10.9. The number of anilines is 1. The molecule has 0 aliphatic carbocycles. The number of hydrogen-bond donors (Lipinski definition) is 3. The van der Waals surface area contributed by atoms with Crippen LogP contribution in [0.25, 0.3) is 0 Å². The molecule has 2 aromatic carbocycles. The van der Waals surface area contributed by atoms with Crippen LogP contribution in [0.3, 0.4) is 0 Å². The number of amides is 2. The van der Waals surface area contributed by atoms with Gasteiger partial charge in [0.15, 0.2) is 0 Å². The first kappa shape index (κ1) is 31.9. The molecule has 0 radical (unpaired) electrons. The van der Waals surface area contributed by atoms with Crippen LogP contribution in [0, 0.1) is 0 Å². The molecule has 0 unspecified atom stereocenters. The predicted molar refractivity (Wildman–Crippen MR) is 158 cm³/mol. The Hall–Kier alpha value is -4.67. The summed E-state index contributed by atoms with van der Waals surface area (Å²) < 4.78 is 11.5. The van der Waals surface area contributed by atoms with Gasteiger partial charge in [-0.2, -0.15) is 0 Å². The van der Waals surface area contributed by atoms with Crippen molar-refractivity contribution in [2.24, 2.45) is 0 Å². The number of nitrogen functional groups attached to an aromatic ring is 1. The fraction of sp³-hybridized carbons (Fsp3) is 0.387. The predicted octanol–water partition coefficient (Wildman–Crippen LogP) is 3.46. The number of benzene rings is 2. The lowest BCUT2D eigenvalue weighted by molar-refractivity contribution is -0.145. The topological polar surface area (TPSA) is 155 Å². The number of aromatic nitrogens is 2. The Morgan fingerprint density at radius 1 is 0.905 bits per heavy atom. The van der Waals surface area contributed by atoms with E-state index in [1.165, 1.54) is 17.9 Å². The van der Waals surface area contributed by atoms with Gasteiger partial charge in [0.2, 0.25) is 17.8 Å². The van der Waals surface area contributed by atoms with Crippen molar-refractivity contribution < 1.29 is 28.7 Å². The van der Waals surface area contributed by atoms with Crippen molar-refractivity contribution in [3.8, 4) is 0 Å². The average Bonchev–Trinajstić information content (AvgIpc) is 3.31. The van der Waals surface area contributed by atoms with E-state index in [0.29, 0.717) is 12.1 Å². The molecule has 224 valence electrons. The van der Waals surface area contributed by atoms with Crippen molar-refractivity contribution in [3.05, 3.63) is 83.7 Å². The number of rotatable bonds is 12. The number of aryl methyl sites for hydroxylation is 1. The van der Waals surface area contributed by atoms with E-state index in [0.717, 1.165) is 17.5 Å². The number of carbonyl (C=O) groups is 4. The lowest BCUT2D eigenvalue weighted by Crippen LogP contribution is -2.54. The lowest BCUT2D eigenvalue weighted by Gasteiger charge is -2.25. The van der Waals surface area contributed by atoms with Gasteiger partial charge in [-0.3, -0.25) is 14.2 Å². The molecule has 1 heterocycles. The fourth-order valence-electron chi connectivity index (χ4n) is 4.28. The fourth-order valence-corrected chi connectivity index (χ4v) is 4.28. The average molecular weight is 578 g/mol. The molecule has 4 N–H and O–H groups in total. The third-order valence-electron chi connectivity index (χ3n) is 6.26. The van der Waals surface area contributed by atoms with Crippen molar-refractivity contribution in [3.63, 3.8) is 0 Å². The van der Waals surface area contributed by atoms with Crippen LogP contribution in [0.15, 0.2) is 66.9 Å². The van der Waals surface area contributed by atoms with E-state index < -0.39 is 35.7 Å². The van der Waals surface area contributed by atoms with Gasteiger partial charge in [-0.25, -0.2) is 14.6 Å². The van der Waals surface area contributed by atoms with Crippen LogP contribution in [0.5, 0.6) is 0 Å². The Kier molecular flexibility index (Phi) is 11.2. The Morgan fingerprint density at radius 2 is 1.52 bits per heavy atom. The Balaban J connectivity index is 1.70. The molecule has 0 bridgehead atoms. The zero-order chi connectivity index (χ0) is 30.7. The van der Waals surface area contributed by atoms with Crippen LogP contribution < -0.4 is 16.4 Å². The first-order valence-corrected chi connectivity index (χ1v) is 13.8. The van der Waals surface area contributed by atoms with Gasteiger partial charge in [0, 0.05) is 25.5 Å². The zero-order valence-electron chi connectivity index (χ0n) is 24.5. The number of carbonyl (C=O) groups excluding carboxylic acids is 4. The van der Waals surface area contributed by atoms with Gasteiger partial charge in [-0.15, -0.1) is 0 Å². The van der Waals surface area contributed by atoms with Crippen molar-refractivity contribution in [1.82, 2.24) is 20.2 Å². The molecule has 2 amide bonds. The number of esters is 1. The van der Waals surface area contributed by atoms with Crippen molar-refractivity contribution in [1.29, 1.82) is 0 Å². The summed E-state index contributed by atoms with van der Waals surface area (Å²) in [5, 5.41) is 5.25. The Labute approximate surface area is 245 Å². The highest BCUT2D eigenvalue weighted by Gasteiger charge is 2.30. The van der Waals surface area contributed by atoms with E-state index in [4.69, 9.17) is 15.2 Å². The molecule has 0 saturated heterocycles. The molecule has 2 atom stereocenters. The summed E-state index contributed by atoms with van der Waals surface area (Å²) in [7, 11) is 1.20. The molecular formula is C31H39N5O6. The molecule has 0 spiro atoms. The van der Waals surface area contributed by atoms with Crippen molar-refractivity contribution >= 4 is 29.8 Å². The summed E-state index contributed by atoms with van der Waals surface area (Å²) in [4.78, 5) is 55.6. The second kappa shape index (κ2) is 14.8. The minimum Gasteiger partial charge on any atom is -0.467 e. The summed E-state index contributed by atoms with van der Waals surface area (Å²) in [5.41, 5.74) is 7.49. The largest absolute Gasteiger partial charge is 0.467 e. The Morgan fingerprint density at radius 3 is 2.12 bits per heavy atom. The monoisotopic (exact) mass is 577 g/mol. The number of hydrogen-bond acceptors (Lipinski definition) is 8. The van der Waals surface area contributed by atoms with E-state index in [1.807, 2.05) is 60.7 Å². The van der Waals surface area contributed by atoms with Gasteiger partial charge in [0.1, 0.15) is 17.7 Å². The third kappa shape index (κ3) is 10.1. The van der Waals surface area contributed by atoms with Crippen LogP contribution in [0.4, 0.5) is 10.7 Å². The van der Waals surface area contributed by atoms with Gasteiger partial charge in [-0.1, -0.05) is 60.7 Å². The number of alkyl carbamates (subject to hydrolysis) is 1. The number of ether oxygens (including phenoxy) is 2. The summed E-state index contributed by atoms with van der Waals surface area (Å²) in [5.74, 6) is -1.59. The standard InChI is InChI=1S/C31H39N5O6/c1-31(2,3)42-30(40)35-24(18-22-14-9-6-10-15-22)27(38)34-25(28(39)41-4)19-23-20-36(29(32)33-23)26(37)17-11-16-21-12-7-5-8-13-21/h5-10,12-15,20,24-25H,11,16-19H2,1-4H3,(H2,32,33)(H,34,38)(H,35,40)/t24-,25-/m0/s1. The zero-order valence-corrected chi connectivity index (χ0v) is 24.5. The van der Waals surface area contributed by atoms with E-state index in [-0.39, 0.29) is 31.1 Å². The summed E-state index contributed by atoms with van der Waals surface area (Å²) in [6.07, 6.45) is 2.38. The van der Waals surface area contributed by atoms with Crippen molar-refractivity contribution in [2.45, 2.75) is 70.6 Å². The van der Waals surface area contributed by atoms with Crippen LogP contribution in [-0.2, 0) is 38.3 Å². The van der Waals surface area contributed by atoms with E-state index >= 15 is 0 Å². The van der Waals surface area contributed by atoms with Crippen LogP contribution in [-0.4, -0.2) is 58.2 Å². The molecule has 0 aliphatic heterocycles. The van der Waals surface area contributed by atoms with Gasteiger partial charge in [0.25, 0.3) is 0 Å². The first-order valence-electron chi connectivity index (χ1n) is 13.8. The highest BCUT2D eigenvalue weighted by molar-refractivity contribution is 5.90. The maximum Gasteiger partial charge on any atom is 0.408 e. The van der Waals surface area contributed by atoms with Crippen molar-refractivity contribution in [2.75, 3.05) is 12.8 Å². The molecule has 11 nitrogen and oxygen atoms in total. The third-order valence-corrected chi connectivity index (χ3v) is 6.26. The molecular weight excluding hydrogens is 538 g/mol. The highest BCUT2D eigenvalue weighted by atomic mass is 16.6. The lowest BCUT2D eigenvalue weighted by atomic mass is 10.0. The first-order chi connectivity index (χ1) is 19.9. The minimum absolute atomic E-state index is 0.0156. The second-order valence-corrected chi connectivity index (χ2v) is 10.9. The molecule has 3 rings (SSSR count). The number of nitrogens with two attached hydrogens (primary N) is 1. The summed E-state index contributed by atoms with van der Waals surface area (Å²) >= 11 is 0. The molecule has 0 fully saturated rings. The van der Waals surface area contributed by atoms with E-state index in [2.05, 4.69) is 15.6 Å². The van der Waals surface area contributed by atoms with Gasteiger partial charge in [0.05, 0.1) is 12.8 Å². The number of imidazole rings is 1. The molecule has 0 aliphatic rings.